The van der Waals surface area contributed by atoms with Crippen LogP contribution in [0.25, 0.3) is 16.4 Å². The molecule has 12 heteroatoms. The molecule has 2 amide bonds. The predicted octanol–water partition coefficient (Wildman–Crippen LogP) is 2.90. The molecule has 2 aromatic carbocycles. The number of benzene rings is 2. The number of nitrogens with one attached hydrogen (secondary N) is 2. The molecule has 0 unspecified atom stereocenters. The maximum absolute atomic E-state index is 13.1. The lowest BCUT2D eigenvalue weighted by atomic mass is 9.96. The van der Waals surface area contributed by atoms with E-state index < -0.39 is 12.0 Å². The van der Waals surface area contributed by atoms with E-state index in [1.54, 1.807) is 6.07 Å². The number of aromatic nitrogens is 4. The Bertz CT molecular complexity index is 1420. The maximum atomic E-state index is 13.1. The standard InChI is InChI=1S/C24H22F3N7O2/c25-24(26,27)23-31-28-19-8-9-20(32-34(19)23)33-12-10-16(11-13-33)22(36)30-29-21(35)14-17-6-3-5-15-4-1-2-7-18(15)17/h1-9,16H,10-14H2,(H,29,35)(H,30,36). The second-order valence-electron chi connectivity index (χ2n) is 8.60. The number of halogens is 3. The zero-order valence-corrected chi connectivity index (χ0v) is 19.0. The molecule has 1 aliphatic rings. The minimum atomic E-state index is -4.67. The van der Waals surface area contributed by atoms with Crippen molar-refractivity contribution < 1.29 is 22.8 Å². The summed E-state index contributed by atoms with van der Waals surface area (Å²) >= 11 is 0. The summed E-state index contributed by atoms with van der Waals surface area (Å²) in [7, 11) is 0. The molecule has 2 N–H and O–H groups in total. The molecule has 1 aliphatic heterocycles. The van der Waals surface area contributed by atoms with Gasteiger partial charge in [0.05, 0.1) is 6.42 Å². The maximum Gasteiger partial charge on any atom is 0.453 e. The van der Waals surface area contributed by atoms with Gasteiger partial charge in [0.1, 0.15) is 5.82 Å². The van der Waals surface area contributed by atoms with Crippen molar-refractivity contribution >= 4 is 34.1 Å². The number of hydrogen-bond donors (Lipinski definition) is 2. The molecule has 36 heavy (non-hydrogen) atoms. The Hall–Kier alpha value is -4.22. The normalized spacial score (nSPS) is 14.8. The number of rotatable bonds is 4. The van der Waals surface area contributed by atoms with Crippen molar-refractivity contribution in [2.24, 2.45) is 5.92 Å². The summed E-state index contributed by atoms with van der Waals surface area (Å²) in [5, 5.41) is 12.8. The van der Waals surface area contributed by atoms with Gasteiger partial charge in [-0.25, -0.2) is 0 Å². The highest BCUT2D eigenvalue weighted by Gasteiger charge is 2.38. The summed E-state index contributed by atoms with van der Waals surface area (Å²) in [6.45, 7) is 0.841. The number of nitrogens with zero attached hydrogens (tertiary/aromatic N) is 5. The fourth-order valence-corrected chi connectivity index (χ4v) is 4.39. The van der Waals surface area contributed by atoms with Crippen LogP contribution >= 0.6 is 0 Å². The van der Waals surface area contributed by atoms with E-state index in [-0.39, 0.29) is 29.8 Å². The zero-order valence-electron chi connectivity index (χ0n) is 19.0. The highest BCUT2D eigenvalue weighted by molar-refractivity contribution is 5.91. The molecule has 2 aromatic heterocycles. The molecule has 0 aliphatic carbocycles. The third-order valence-electron chi connectivity index (χ3n) is 6.25. The Morgan fingerprint density at radius 1 is 0.944 bits per heavy atom. The minimum absolute atomic E-state index is 0.000388. The van der Waals surface area contributed by atoms with Gasteiger partial charge in [0.25, 0.3) is 5.82 Å². The number of carbonyl (C=O) groups is 2. The molecule has 1 saturated heterocycles. The summed E-state index contributed by atoms with van der Waals surface area (Å²) in [5.41, 5.74) is 5.85. The van der Waals surface area contributed by atoms with Crippen LogP contribution in [0.5, 0.6) is 0 Å². The molecule has 4 aromatic rings. The first-order valence-electron chi connectivity index (χ1n) is 11.4. The quantitative estimate of drug-likeness (QED) is 0.420. The van der Waals surface area contributed by atoms with Crippen LogP contribution < -0.4 is 15.8 Å². The summed E-state index contributed by atoms with van der Waals surface area (Å²) in [5.74, 6) is -1.82. The second kappa shape index (κ2) is 9.44. The Morgan fingerprint density at radius 2 is 1.69 bits per heavy atom. The Kier molecular flexibility index (Phi) is 6.17. The highest BCUT2D eigenvalue weighted by atomic mass is 19.4. The van der Waals surface area contributed by atoms with E-state index in [0.717, 1.165) is 16.3 Å². The van der Waals surface area contributed by atoms with E-state index in [1.165, 1.54) is 6.07 Å². The minimum Gasteiger partial charge on any atom is -0.355 e. The van der Waals surface area contributed by atoms with E-state index in [1.807, 2.05) is 47.4 Å². The van der Waals surface area contributed by atoms with Crippen molar-refractivity contribution in [1.82, 2.24) is 30.7 Å². The van der Waals surface area contributed by atoms with E-state index in [0.29, 0.717) is 36.3 Å². The molecule has 0 bridgehead atoms. The number of carbonyl (C=O) groups excluding carboxylic acids is 2. The van der Waals surface area contributed by atoms with Gasteiger partial charge < -0.3 is 4.90 Å². The van der Waals surface area contributed by atoms with Crippen LogP contribution in [0.3, 0.4) is 0 Å². The molecule has 0 atom stereocenters. The van der Waals surface area contributed by atoms with Gasteiger partial charge in [-0.05, 0) is 41.3 Å². The number of fused-ring (bicyclic) bond motifs is 2. The first kappa shape index (κ1) is 23.5. The SMILES string of the molecule is O=C(Cc1cccc2ccccc12)NNC(=O)C1CCN(c2ccc3nnc(C(F)(F)F)n3n2)CC1. The van der Waals surface area contributed by atoms with Crippen molar-refractivity contribution in [2.75, 3.05) is 18.0 Å². The molecule has 3 heterocycles. The van der Waals surface area contributed by atoms with Crippen LogP contribution in [0.15, 0.2) is 54.6 Å². The number of amides is 2. The van der Waals surface area contributed by atoms with Gasteiger partial charge in [0.15, 0.2) is 5.65 Å². The van der Waals surface area contributed by atoms with Crippen LogP contribution in [0.4, 0.5) is 19.0 Å². The number of anilines is 1. The van der Waals surface area contributed by atoms with Gasteiger partial charge in [-0.3, -0.25) is 20.4 Å². The molecule has 9 nitrogen and oxygen atoms in total. The van der Waals surface area contributed by atoms with Crippen LogP contribution in [0.2, 0.25) is 0 Å². The lowest BCUT2D eigenvalue weighted by molar-refractivity contribution is -0.146. The average Bonchev–Trinajstić information content (AvgIpc) is 3.32. The molecule has 0 saturated carbocycles. The predicted molar refractivity (Wildman–Crippen MR) is 125 cm³/mol. The first-order chi connectivity index (χ1) is 17.3. The third-order valence-corrected chi connectivity index (χ3v) is 6.25. The summed E-state index contributed by atoms with van der Waals surface area (Å²) in [6.07, 6.45) is -3.64. The van der Waals surface area contributed by atoms with Gasteiger partial charge in [-0.1, -0.05) is 42.5 Å². The lowest BCUT2D eigenvalue weighted by Crippen LogP contribution is -2.48. The van der Waals surface area contributed by atoms with Gasteiger partial charge in [-0.15, -0.1) is 15.3 Å². The van der Waals surface area contributed by atoms with Crippen molar-refractivity contribution in [2.45, 2.75) is 25.4 Å². The van der Waals surface area contributed by atoms with Gasteiger partial charge in [0.2, 0.25) is 11.8 Å². The lowest BCUT2D eigenvalue weighted by Gasteiger charge is -2.32. The van der Waals surface area contributed by atoms with Crippen molar-refractivity contribution in [3.63, 3.8) is 0 Å². The number of piperidine rings is 1. The van der Waals surface area contributed by atoms with Crippen molar-refractivity contribution in [3.05, 3.63) is 66.0 Å². The largest absolute Gasteiger partial charge is 0.453 e. The topological polar surface area (TPSA) is 105 Å². The molecular formula is C24H22F3N7O2. The highest BCUT2D eigenvalue weighted by Crippen LogP contribution is 2.28. The van der Waals surface area contributed by atoms with Crippen molar-refractivity contribution in [1.29, 1.82) is 0 Å². The fourth-order valence-electron chi connectivity index (χ4n) is 4.39. The smallest absolute Gasteiger partial charge is 0.355 e. The third kappa shape index (κ3) is 4.79. The Morgan fingerprint density at radius 3 is 2.47 bits per heavy atom. The molecule has 0 spiro atoms. The van der Waals surface area contributed by atoms with Gasteiger partial charge in [-0.2, -0.15) is 17.7 Å². The summed E-state index contributed by atoms with van der Waals surface area (Å²) in [4.78, 5) is 26.8. The monoisotopic (exact) mass is 497 g/mol. The summed E-state index contributed by atoms with van der Waals surface area (Å²) in [6, 6.07) is 16.5. The van der Waals surface area contributed by atoms with Gasteiger partial charge in [0, 0.05) is 19.0 Å². The van der Waals surface area contributed by atoms with Crippen LogP contribution in [0, 0.1) is 5.92 Å². The molecule has 0 radical (unpaired) electrons. The molecule has 1 fully saturated rings. The number of alkyl halides is 3. The molecule has 5 rings (SSSR count). The van der Waals surface area contributed by atoms with Crippen molar-refractivity contribution in [3.8, 4) is 0 Å². The van der Waals surface area contributed by atoms with E-state index >= 15 is 0 Å². The van der Waals surface area contributed by atoms with E-state index in [9.17, 15) is 22.8 Å². The number of hydrazine groups is 1. The Labute approximate surface area is 203 Å². The van der Waals surface area contributed by atoms with E-state index in [2.05, 4.69) is 26.1 Å². The Balaban J connectivity index is 1.15. The average molecular weight is 497 g/mol. The summed E-state index contributed by atoms with van der Waals surface area (Å²) < 4.78 is 40.1. The van der Waals surface area contributed by atoms with Crippen LogP contribution in [-0.2, 0) is 22.2 Å². The van der Waals surface area contributed by atoms with Crippen LogP contribution in [0.1, 0.15) is 24.2 Å². The fraction of sp³-hybridized carbons (Fsp3) is 0.292. The second-order valence-corrected chi connectivity index (χ2v) is 8.60. The number of hydrogen-bond acceptors (Lipinski definition) is 6. The van der Waals surface area contributed by atoms with Crippen LogP contribution in [-0.4, -0.2) is 44.7 Å². The molecular weight excluding hydrogens is 475 g/mol. The van der Waals surface area contributed by atoms with Gasteiger partial charge >= 0.3 is 6.18 Å². The van der Waals surface area contributed by atoms with E-state index in [4.69, 9.17) is 0 Å². The molecule has 186 valence electrons. The first-order valence-corrected chi connectivity index (χ1v) is 11.4. The zero-order chi connectivity index (χ0) is 25.3.